The van der Waals surface area contributed by atoms with Crippen molar-refractivity contribution < 1.29 is 4.79 Å². The molecule has 4 heteroatoms. The van der Waals surface area contributed by atoms with E-state index < -0.39 is 0 Å². The van der Waals surface area contributed by atoms with E-state index in [4.69, 9.17) is 0 Å². The molecule has 0 aliphatic carbocycles. The number of carbonyl (C=O) groups is 1. The average molecular weight is 201 g/mol. The highest BCUT2D eigenvalue weighted by Crippen LogP contribution is 2.17. The summed E-state index contributed by atoms with van der Waals surface area (Å²) in [5.74, 6) is 0.817. The van der Waals surface area contributed by atoms with Gasteiger partial charge in [0.25, 0.3) is 0 Å². The van der Waals surface area contributed by atoms with Crippen molar-refractivity contribution in [3.8, 4) is 11.4 Å². The van der Waals surface area contributed by atoms with Crippen molar-refractivity contribution in [2.45, 2.75) is 6.92 Å². The van der Waals surface area contributed by atoms with Gasteiger partial charge in [-0.25, -0.2) is 9.67 Å². The van der Waals surface area contributed by atoms with Crippen LogP contribution in [0.4, 0.5) is 0 Å². The van der Waals surface area contributed by atoms with Gasteiger partial charge >= 0.3 is 0 Å². The molecule has 0 amide bonds. The first-order valence-corrected chi connectivity index (χ1v) is 4.64. The fourth-order valence-electron chi connectivity index (χ4n) is 1.43. The highest BCUT2D eigenvalue weighted by molar-refractivity contribution is 5.95. The van der Waals surface area contributed by atoms with Gasteiger partial charge in [0, 0.05) is 18.2 Å². The van der Waals surface area contributed by atoms with Crippen molar-refractivity contribution >= 4 is 5.78 Å². The van der Waals surface area contributed by atoms with Crippen LogP contribution in [-0.2, 0) is 7.05 Å². The van der Waals surface area contributed by atoms with Crippen molar-refractivity contribution in [1.82, 2.24) is 14.8 Å². The third-order valence-electron chi connectivity index (χ3n) is 2.24. The molecule has 2 aromatic rings. The Hall–Kier alpha value is -1.97. The quantitative estimate of drug-likeness (QED) is 0.694. The van der Waals surface area contributed by atoms with E-state index in [9.17, 15) is 4.79 Å². The summed E-state index contributed by atoms with van der Waals surface area (Å²) in [7, 11) is 1.82. The Balaban J connectivity index is 2.50. The molecule has 15 heavy (non-hydrogen) atoms. The van der Waals surface area contributed by atoms with Crippen LogP contribution < -0.4 is 0 Å². The van der Waals surface area contributed by atoms with Crippen molar-refractivity contribution in [1.29, 1.82) is 0 Å². The van der Waals surface area contributed by atoms with Gasteiger partial charge in [-0.05, 0) is 13.0 Å². The molecule has 0 aliphatic heterocycles. The highest BCUT2D eigenvalue weighted by Gasteiger charge is 2.06. The van der Waals surface area contributed by atoms with Crippen LogP contribution in [0, 0.1) is 0 Å². The maximum atomic E-state index is 11.2. The standard InChI is InChI=1S/C11H11N3O/c1-8(15)9-4-3-5-10(6-9)11-12-7-13-14(11)2/h3-7H,1-2H3. The van der Waals surface area contributed by atoms with E-state index in [0.29, 0.717) is 5.56 Å². The van der Waals surface area contributed by atoms with Crippen LogP contribution in [0.1, 0.15) is 17.3 Å². The Bertz CT molecular complexity index is 502. The number of ketones is 1. The van der Waals surface area contributed by atoms with E-state index in [-0.39, 0.29) is 5.78 Å². The van der Waals surface area contributed by atoms with E-state index in [0.717, 1.165) is 11.4 Å². The number of nitrogens with zero attached hydrogens (tertiary/aromatic N) is 3. The topological polar surface area (TPSA) is 47.8 Å². The maximum Gasteiger partial charge on any atom is 0.159 e. The van der Waals surface area contributed by atoms with Crippen LogP contribution in [0.25, 0.3) is 11.4 Å². The van der Waals surface area contributed by atoms with Gasteiger partial charge in [0.2, 0.25) is 0 Å². The van der Waals surface area contributed by atoms with Gasteiger partial charge in [-0.15, -0.1) is 0 Å². The maximum absolute atomic E-state index is 11.2. The third-order valence-corrected chi connectivity index (χ3v) is 2.24. The fraction of sp³-hybridized carbons (Fsp3) is 0.182. The first-order chi connectivity index (χ1) is 7.18. The van der Waals surface area contributed by atoms with Crippen LogP contribution in [-0.4, -0.2) is 20.5 Å². The zero-order valence-corrected chi connectivity index (χ0v) is 8.64. The number of benzene rings is 1. The SMILES string of the molecule is CC(=O)c1cccc(-c2ncnn2C)c1. The monoisotopic (exact) mass is 201 g/mol. The van der Waals surface area contributed by atoms with Gasteiger partial charge in [0.05, 0.1) is 0 Å². The second kappa shape index (κ2) is 3.65. The van der Waals surface area contributed by atoms with E-state index in [1.54, 1.807) is 17.7 Å². The summed E-state index contributed by atoms with van der Waals surface area (Å²) in [5.41, 5.74) is 1.60. The Morgan fingerprint density at radius 1 is 1.40 bits per heavy atom. The number of carbonyl (C=O) groups excluding carboxylic acids is 1. The summed E-state index contributed by atoms with van der Waals surface area (Å²) in [6.07, 6.45) is 1.50. The Kier molecular flexibility index (Phi) is 2.33. The number of aryl methyl sites for hydroxylation is 1. The van der Waals surface area contributed by atoms with E-state index in [1.807, 2.05) is 25.2 Å². The molecule has 0 bridgehead atoms. The molecule has 1 aromatic heterocycles. The molecule has 0 fully saturated rings. The summed E-state index contributed by atoms with van der Waals surface area (Å²) in [4.78, 5) is 15.3. The van der Waals surface area contributed by atoms with Crippen molar-refractivity contribution in [2.24, 2.45) is 7.05 Å². The minimum atomic E-state index is 0.0546. The minimum Gasteiger partial charge on any atom is -0.295 e. The molecule has 0 aliphatic rings. The minimum absolute atomic E-state index is 0.0546. The molecule has 0 unspecified atom stereocenters. The summed E-state index contributed by atoms with van der Waals surface area (Å²) in [5, 5.41) is 3.99. The Labute approximate surface area is 87.6 Å². The summed E-state index contributed by atoms with van der Waals surface area (Å²) < 4.78 is 1.68. The number of Topliss-reactive ketones (excluding diaryl/α,β-unsaturated/α-hetero) is 1. The predicted molar refractivity (Wildman–Crippen MR) is 56.4 cm³/mol. The Morgan fingerprint density at radius 3 is 2.80 bits per heavy atom. The van der Waals surface area contributed by atoms with Gasteiger partial charge in [-0.3, -0.25) is 4.79 Å². The zero-order valence-electron chi connectivity index (χ0n) is 8.64. The van der Waals surface area contributed by atoms with Crippen LogP contribution in [0.5, 0.6) is 0 Å². The second-order valence-electron chi connectivity index (χ2n) is 3.34. The van der Waals surface area contributed by atoms with Gasteiger partial charge < -0.3 is 0 Å². The molecule has 0 radical (unpaired) electrons. The molecule has 4 nitrogen and oxygen atoms in total. The summed E-state index contributed by atoms with van der Waals surface area (Å²) in [6.45, 7) is 1.55. The first kappa shape index (κ1) is 9.58. The average Bonchev–Trinajstić information content (AvgIpc) is 2.64. The number of hydrogen-bond donors (Lipinski definition) is 0. The van der Waals surface area contributed by atoms with Crippen LogP contribution >= 0.6 is 0 Å². The van der Waals surface area contributed by atoms with Crippen LogP contribution in [0.2, 0.25) is 0 Å². The molecule has 0 saturated heterocycles. The lowest BCUT2D eigenvalue weighted by atomic mass is 10.1. The molecule has 1 aromatic carbocycles. The lowest BCUT2D eigenvalue weighted by molar-refractivity contribution is 0.101. The van der Waals surface area contributed by atoms with Gasteiger partial charge in [-0.2, -0.15) is 5.10 Å². The molecular weight excluding hydrogens is 190 g/mol. The van der Waals surface area contributed by atoms with Gasteiger partial charge in [0.1, 0.15) is 6.33 Å². The Morgan fingerprint density at radius 2 is 2.20 bits per heavy atom. The number of rotatable bonds is 2. The molecule has 0 spiro atoms. The van der Waals surface area contributed by atoms with Crippen molar-refractivity contribution in [3.05, 3.63) is 36.2 Å². The van der Waals surface area contributed by atoms with Crippen molar-refractivity contribution in [3.63, 3.8) is 0 Å². The fourth-order valence-corrected chi connectivity index (χ4v) is 1.43. The van der Waals surface area contributed by atoms with E-state index >= 15 is 0 Å². The normalized spacial score (nSPS) is 10.3. The molecule has 1 heterocycles. The van der Waals surface area contributed by atoms with E-state index in [1.165, 1.54) is 6.33 Å². The zero-order chi connectivity index (χ0) is 10.8. The van der Waals surface area contributed by atoms with Gasteiger partial charge in [0.15, 0.2) is 11.6 Å². The van der Waals surface area contributed by atoms with E-state index in [2.05, 4.69) is 10.1 Å². The molecule has 0 atom stereocenters. The lowest BCUT2D eigenvalue weighted by Crippen LogP contribution is -1.97. The second-order valence-corrected chi connectivity index (χ2v) is 3.34. The lowest BCUT2D eigenvalue weighted by Gasteiger charge is -2.01. The third kappa shape index (κ3) is 1.79. The molecule has 2 rings (SSSR count). The first-order valence-electron chi connectivity index (χ1n) is 4.64. The molecule has 76 valence electrons. The highest BCUT2D eigenvalue weighted by atomic mass is 16.1. The molecule has 0 saturated carbocycles. The van der Waals surface area contributed by atoms with Gasteiger partial charge in [-0.1, -0.05) is 18.2 Å². The molecule has 0 N–H and O–H groups in total. The largest absolute Gasteiger partial charge is 0.295 e. The smallest absolute Gasteiger partial charge is 0.159 e. The van der Waals surface area contributed by atoms with Crippen LogP contribution in [0.15, 0.2) is 30.6 Å². The van der Waals surface area contributed by atoms with Crippen molar-refractivity contribution in [2.75, 3.05) is 0 Å². The number of hydrogen-bond acceptors (Lipinski definition) is 3. The summed E-state index contributed by atoms with van der Waals surface area (Å²) >= 11 is 0. The molecular formula is C11H11N3O. The predicted octanol–water partition coefficient (Wildman–Crippen LogP) is 1.68. The van der Waals surface area contributed by atoms with Crippen LogP contribution in [0.3, 0.4) is 0 Å². The summed E-state index contributed by atoms with van der Waals surface area (Å²) in [6, 6.07) is 7.38. The number of aromatic nitrogens is 3.